The molecule has 268 valence electrons. The quantitative estimate of drug-likeness (QED) is 0.166. The summed E-state index contributed by atoms with van der Waals surface area (Å²) in [5, 5.41) is 6.74. The summed E-state index contributed by atoms with van der Waals surface area (Å²) >= 11 is 6.31. The van der Waals surface area contributed by atoms with Crippen LogP contribution in [0.15, 0.2) is 52.9 Å². The Bertz CT molecular complexity index is 2110. The van der Waals surface area contributed by atoms with Crippen molar-refractivity contribution in [2.75, 3.05) is 33.3 Å². The highest BCUT2D eigenvalue weighted by Gasteiger charge is 2.35. The molecule has 3 aromatic carbocycles. The third-order valence-corrected chi connectivity index (χ3v) is 10.6. The summed E-state index contributed by atoms with van der Waals surface area (Å²) in [5.41, 5.74) is 7.03. The summed E-state index contributed by atoms with van der Waals surface area (Å²) in [6, 6.07) is 16.2. The number of hydrogen-bond acceptors (Lipinski definition) is 8. The van der Waals surface area contributed by atoms with E-state index in [0.29, 0.717) is 34.0 Å². The molecular weight excluding hydrogens is 666 g/mol. The summed E-state index contributed by atoms with van der Waals surface area (Å²) in [6.45, 7) is 12.8. The number of piperidine rings is 1. The second kappa shape index (κ2) is 13.7. The first-order chi connectivity index (χ1) is 24.3. The Labute approximate surface area is 303 Å². The molecule has 0 aliphatic carbocycles. The van der Waals surface area contributed by atoms with Crippen molar-refractivity contribution in [1.82, 2.24) is 24.6 Å². The lowest BCUT2D eigenvalue weighted by Gasteiger charge is -2.35. The molecule has 10 nitrogen and oxygen atoms in total. The number of ether oxygens (including phenoxy) is 2. The largest absolute Gasteiger partial charge is 0.453 e. The maximum atomic E-state index is 13.2. The van der Waals surface area contributed by atoms with Gasteiger partial charge >= 0.3 is 6.09 Å². The third kappa shape index (κ3) is 6.89. The zero-order valence-electron chi connectivity index (χ0n) is 30.5. The van der Waals surface area contributed by atoms with Crippen molar-refractivity contribution in [2.24, 2.45) is 7.05 Å². The van der Waals surface area contributed by atoms with Gasteiger partial charge in [-0.1, -0.05) is 23.7 Å². The Morgan fingerprint density at radius 2 is 1.71 bits per heavy atom. The Morgan fingerprint density at radius 1 is 1.00 bits per heavy atom. The number of benzene rings is 3. The van der Waals surface area contributed by atoms with Crippen molar-refractivity contribution >= 4 is 45.5 Å². The van der Waals surface area contributed by atoms with E-state index < -0.39 is 11.7 Å². The van der Waals surface area contributed by atoms with Crippen LogP contribution in [0, 0.1) is 6.92 Å². The number of ketones is 1. The topological polar surface area (TPSA) is 103 Å². The number of amides is 1. The summed E-state index contributed by atoms with van der Waals surface area (Å²) in [4.78, 5) is 34.6. The zero-order valence-corrected chi connectivity index (χ0v) is 31.2. The number of methoxy groups -OCH3 is 1. The van der Waals surface area contributed by atoms with Crippen molar-refractivity contribution < 1.29 is 23.5 Å². The normalized spacial score (nSPS) is 18.2. The number of fused-ring (bicyclic) bond motifs is 2. The molecule has 0 radical (unpaired) electrons. The van der Waals surface area contributed by atoms with Crippen LogP contribution < -0.4 is 0 Å². The molecular formula is C40H46ClN5O5. The fourth-order valence-electron chi connectivity index (χ4n) is 7.87. The molecule has 2 atom stereocenters. The van der Waals surface area contributed by atoms with Crippen molar-refractivity contribution in [3.8, 4) is 22.6 Å². The Balaban J connectivity index is 1.24. The number of rotatable bonds is 7. The van der Waals surface area contributed by atoms with E-state index in [1.54, 1.807) is 11.8 Å². The first-order valence-electron chi connectivity index (χ1n) is 17.7. The second-order valence-electron chi connectivity index (χ2n) is 15.0. The van der Waals surface area contributed by atoms with E-state index >= 15 is 0 Å². The smallest absolute Gasteiger partial charge is 0.409 e. The van der Waals surface area contributed by atoms with Crippen molar-refractivity contribution in [3.63, 3.8) is 0 Å². The number of aryl methyl sites for hydroxylation is 2. The van der Waals surface area contributed by atoms with Crippen LogP contribution in [0.4, 0.5) is 4.79 Å². The predicted octanol–water partition coefficient (Wildman–Crippen LogP) is 8.48. The monoisotopic (exact) mass is 711 g/mol. The number of likely N-dealkylation sites (tertiary alicyclic amines) is 2. The molecule has 11 heteroatoms. The van der Waals surface area contributed by atoms with E-state index in [1.807, 2.05) is 75.8 Å². The Kier molecular flexibility index (Phi) is 9.45. The van der Waals surface area contributed by atoms with Crippen LogP contribution in [0.2, 0.25) is 5.02 Å². The van der Waals surface area contributed by atoms with Gasteiger partial charge in [0, 0.05) is 59.2 Å². The summed E-state index contributed by atoms with van der Waals surface area (Å²) in [5.74, 6) is 0.722. The number of hydrogen-bond donors (Lipinski definition) is 0. The number of carbonyl (C=O) groups excluding carboxylic acids is 2. The van der Waals surface area contributed by atoms with Gasteiger partial charge in [-0.25, -0.2) is 9.78 Å². The number of aromatic nitrogens is 3. The van der Waals surface area contributed by atoms with E-state index in [2.05, 4.69) is 17.0 Å². The fourth-order valence-corrected chi connectivity index (χ4v) is 8.00. The summed E-state index contributed by atoms with van der Waals surface area (Å²) in [7, 11) is 3.44. The molecule has 0 bridgehead atoms. The van der Waals surface area contributed by atoms with Gasteiger partial charge in [0.05, 0.1) is 23.9 Å². The van der Waals surface area contributed by atoms with Crippen LogP contribution in [0.3, 0.4) is 0 Å². The highest BCUT2D eigenvalue weighted by atomic mass is 35.5. The lowest BCUT2D eigenvalue weighted by atomic mass is 9.89. The third-order valence-electron chi connectivity index (χ3n) is 10.3. The minimum Gasteiger partial charge on any atom is -0.453 e. The molecule has 2 aliphatic rings. The maximum absolute atomic E-state index is 13.2. The number of nitrogens with zero attached hydrogens (tertiary/aromatic N) is 5. The van der Waals surface area contributed by atoms with Gasteiger partial charge < -0.3 is 18.8 Å². The molecule has 7 rings (SSSR count). The van der Waals surface area contributed by atoms with Gasteiger partial charge in [-0.05, 0) is 114 Å². The minimum atomic E-state index is -0.796. The Morgan fingerprint density at radius 3 is 2.37 bits per heavy atom. The molecule has 0 spiro atoms. The second-order valence-corrected chi connectivity index (χ2v) is 15.4. The maximum Gasteiger partial charge on any atom is 0.409 e. The van der Waals surface area contributed by atoms with Crippen LogP contribution >= 0.6 is 11.6 Å². The van der Waals surface area contributed by atoms with E-state index in [-0.39, 0.29) is 11.9 Å². The van der Waals surface area contributed by atoms with Crippen molar-refractivity contribution in [1.29, 1.82) is 0 Å². The summed E-state index contributed by atoms with van der Waals surface area (Å²) in [6.07, 6.45) is 1.92. The van der Waals surface area contributed by atoms with Crippen LogP contribution in [0.25, 0.3) is 44.6 Å². The van der Waals surface area contributed by atoms with Crippen LogP contribution in [0.5, 0.6) is 0 Å². The van der Waals surface area contributed by atoms with Crippen molar-refractivity contribution in [2.45, 2.75) is 77.5 Å². The average molecular weight is 712 g/mol. The lowest BCUT2D eigenvalue weighted by Crippen LogP contribution is -2.43. The molecule has 1 unspecified atom stereocenters. The van der Waals surface area contributed by atoms with Gasteiger partial charge in [-0.3, -0.25) is 14.4 Å². The minimum absolute atomic E-state index is 0.0888. The van der Waals surface area contributed by atoms with E-state index in [1.165, 1.54) is 7.11 Å². The van der Waals surface area contributed by atoms with Gasteiger partial charge in [-0.2, -0.15) is 5.10 Å². The fraction of sp³-hybridized carbons (Fsp3) is 0.450. The molecule has 2 aromatic heterocycles. The number of Topliss-reactive ketones (excluding diaryl/α,β-unsaturated/α-hetero) is 1. The first-order valence-corrected chi connectivity index (χ1v) is 18.1. The molecule has 51 heavy (non-hydrogen) atoms. The molecule has 1 amide bonds. The zero-order chi connectivity index (χ0) is 36.2. The van der Waals surface area contributed by atoms with E-state index in [4.69, 9.17) is 35.6 Å². The lowest BCUT2D eigenvalue weighted by molar-refractivity contribution is -0.138. The highest BCUT2D eigenvalue weighted by Crippen LogP contribution is 2.43. The number of halogens is 1. The van der Waals surface area contributed by atoms with Gasteiger partial charge in [0.25, 0.3) is 0 Å². The van der Waals surface area contributed by atoms with Gasteiger partial charge in [-0.15, -0.1) is 0 Å². The standard InChI is InChI=1S/C40H46ClN5O5/c1-23-20-31-37(34(25-8-11-28(41)12-9-25)33(23)36(24(2)47)51-40(3,4)5)50-38(42-31)27-10-13-32-30(21-27)35(43-44(32)6)26-14-17-45(18-15-26)29-16-19-46(22-29)39(48)49-7/h8-13,20-21,26,29,36H,14-19,22H2,1-7H3/t29-,36?/m1/s1. The SMILES string of the molecule is COC(=O)N1CC[C@@H](N2CCC(c3nn(C)c4ccc(-c5nc6cc(C)c(C(OC(C)(C)C)C(C)=O)c(-c7ccc(Cl)cc7)c6o5)cc34)CC2)C1. The Hall–Kier alpha value is -4.25. The molecule has 4 heterocycles. The first kappa shape index (κ1) is 35.2. The number of oxazole rings is 1. The predicted molar refractivity (Wildman–Crippen MR) is 199 cm³/mol. The molecule has 5 aromatic rings. The van der Waals surface area contributed by atoms with Crippen LogP contribution in [-0.4, -0.2) is 81.4 Å². The highest BCUT2D eigenvalue weighted by molar-refractivity contribution is 6.30. The van der Waals surface area contributed by atoms with E-state index in [9.17, 15) is 9.59 Å². The van der Waals surface area contributed by atoms with Gasteiger partial charge in [0.1, 0.15) is 11.6 Å². The van der Waals surface area contributed by atoms with E-state index in [0.717, 1.165) is 89.9 Å². The van der Waals surface area contributed by atoms with Crippen molar-refractivity contribution in [3.05, 3.63) is 70.4 Å². The average Bonchev–Trinajstić information content (AvgIpc) is 3.84. The van der Waals surface area contributed by atoms with Gasteiger partial charge in [0.15, 0.2) is 11.4 Å². The summed E-state index contributed by atoms with van der Waals surface area (Å²) < 4.78 is 20.0. The van der Waals surface area contributed by atoms with Gasteiger partial charge in [0.2, 0.25) is 5.89 Å². The van der Waals surface area contributed by atoms with Crippen LogP contribution in [-0.2, 0) is 21.3 Å². The molecule has 2 fully saturated rings. The molecule has 2 aliphatic heterocycles. The number of carbonyl (C=O) groups is 2. The molecule has 0 saturated carbocycles. The molecule has 0 N–H and O–H groups in total. The van der Waals surface area contributed by atoms with Crippen LogP contribution in [0.1, 0.15) is 75.8 Å². The molecule has 2 saturated heterocycles.